The predicted molar refractivity (Wildman–Crippen MR) is 119 cm³/mol. The van der Waals surface area contributed by atoms with Gasteiger partial charge in [-0.15, -0.1) is 0 Å². The number of aromatic hydroxyl groups is 1. The van der Waals surface area contributed by atoms with E-state index in [1.54, 1.807) is 4.90 Å². The number of aryl methyl sites for hydroxylation is 2. The first-order valence-corrected chi connectivity index (χ1v) is 10.6. The number of hydrogen-bond acceptors (Lipinski definition) is 5. The van der Waals surface area contributed by atoms with Crippen molar-refractivity contribution in [2.24, 2.45) is 7.05 Å². The molecule has 1 aromatic carbocycles. The summed E-state index contributed by atoms with van der Waals surface area (Å²) < 4.78 is 17.0. The van der Waals surface area contributed by atoms with E-state index in [9.17, 15) is 19.1 Å². The normalized spacial score (nSPS) is 14.1. The Morgan fingerprint density at radius 2 is 1.91 bits per heavy atom. The summed E-state index contributed by atoms with van der Waals surface area (Å²) >= 11 is 0. The van der Waals surface area contributed by atoms with E-state index in [-0.39, 0.29) is 23.0 Å². The highest BCUT2D eigenvalue weighted by Crippen LogP contribution is 2.22. The lowest BCUT2D eigenvalue weighted by atomic mass is 10.1. The minimum absolute atomic E-state index is 0.0444. The molecule has 0 bridgehead atoms. The van der Waals surface area contributed by atoms with E-state index in [1.807, 2.05) is 13.1 Å². The van der Waals surface area contributed by atoms with Crippen LogP contribution in [0.15, 0.2) is 41.5 Å². The van der Waals surface area contributed by atoms with Crippen LogP contribution in [0.5, 0.6) is 5.88 Å². The van der Waals surface area contributed by atoms with Gasteiger partial charge >= 0.3 is 5.69 Å². The molecule has 168 valence electrons. The topological polar surface area (TPSA) is 83.6 Å². The second kappa shape index (κ2) is 8.49. The van der Waals surface area contributed by atoms with Crippen molar-refractivity contribution < 1.29 is 14.3 Å². The molecule has 4 rings (SSSR count). The van der Waals surface area contributed by atoms with Crippen LogP contribution in [0.25, 0.3) is 5.69 Å². The van der Waals surface area contributed by atoms with Crippen molar-refractivity contribution in [1.29, 1.82) is 0 Å². The van der Waals surface area contributed by atoms with Crippen LogP contribution < -0.4 is 10.6 Å². The Morgan fingerprint density at radius 3 is 2.47 bits per heavy atom. The Kier molecular flexibility index (Phi) is 5.73. The maximum absolute atomic E-state index is 14.8. The standard InChI is InChI=1S/C23H26FN5O3/c1-4-16-11-15(2)21(25-13-16)27-7-9-28(10-8-27)22(31)18-6-5-17(12-19(18)24)29-14-20(30)26(3)23(29)32/h5-6,11-14,30H,4,7-10H2,1-3H3. The van der Waals surface area contributed by atoms with Crippen LogP contribution in [0.1, 0.15) is 28.4 Å². The van der Waals surface area contributed by atoms with Gasteiger partial charge in [0.25, 0.3) is 5.91 Å². The van der Waals surface area contributed by atoms with Gasteiger partial charge in [0.15, 0.2) is 0 Å². The molecule has 1 saturated heterocycles. The van der Waals surface area contributed by atoms with Gasteiger partial charge in [-0.25, -0.2) is 14.2 Å². The number of nitrogens with zero attached hydrogens (tertiary/aromatic N) is 5. The molecule has 0 spiro atoms. The zero-order valence-electron chi connectivity index (χ0n) is 18.4. The zero-order valence-corrected chi connectivity index (χ0v) is 18.4. The lowest BCUT2D eigenvalue weighted by Gasteiger charge is -2.36. The number of rotatable bonds is 4. The first kappa shape index (κ1) is 21.6. The van der Waals surface area contributed by atoms with Gasteiger partial charge in [0.05, 0.1) is 17.4 Å². The molecule has 1 amide bonds. The highest BCUT2D eigenvalue weighted by molar-refractivity contribution is 5.95. The molecule has 1 N–H and O–H groups in total. The number of pyridine rings is 1. The van der Waals surface area contributed by atoms with E-state index < -0.39 is 11.5 Å². The van der Waals surface area contributed by atoms with Gasteiger partial charge in [0.2, 0.25) is 5.88 Å². The summed E-state index contributed by atoms with van der Waals surface area (Å²) in [5, 5.41) is 9.69. The average molecular weight is 439 g/mol. The first-order valence-electron chi connectivity index (χ1n) is 10.6. The van der Waals surface area contributed by atoms with Gasteiger partial charge in [0, 0.05) is 39.4 Å². The van der Waals surface area contributed by atoms with Crippen molar-refractivity contribution in [2.45, 2.75) is 20.3 Å². The Balaban J connectivity index is 1.47. The second-order valence-electron chi connectivity index (χ2n) is 7.98. The highest BCUT2D eigenvalue weighted by Gasteiger charge is 2.25. The van der Waals surface area contributed by atoms with E-state index >= 15 is 0 Å². The van der Waals surface area contributed by atoms with Crippen molar-refractivity contribution in [3.05, 3.63) is 69.7 Å². The summed E-state index contributed by atoms with van der Waals surface area (Å²) in [6.07, 6.45) is 4.02. The quantitative estimate of drug-likeness (QED) is 0.674. The molecule has 0 saturated carbocycles. The molecule has 3 aromatic rings. The number of imidazole rings is 1. The van der Waals surface area contributed by atoms with Crippen LogP contribution in [0.3, 0.4) is 0 Å². The summed E-state index contributed by atoms with van der Waals surface area (Å²) in [6.45, 7) is 6.28. The van der Waals surface area contributed by atoms with Crippen molar-refractivity contribution in [3.8, 4) is 11.6 Å². The third-order valence-electron chi connectivity index (χ3n) is 5.92. The number of halogens is 1. The maximum atomic E-state index is 14.8. The molecule has 1 fully saturated rings. The van der Waals surface area contributed by atoms with Crippen molar-refractivity contribution in [3.63, 3.8) is 0 Å². The molecule has 2 aromatic heterocycles. The van der Waals surface area contributed by atoms with E-state index in [4.69, 9.17) is 0 Å². The third kappa shape index (κ3) is 3.86. The Bertz CT molecular complexity index is 1220. The molecule has 8 nitrogen and oxygen atoms in total. The lowest BCUT2D eigenvalue weighted by molar-refractivity contribution is 0.0742. The Labute approximate surface area is 185 Å². The van der Waals surface area contributed by atoms with E-state index in [2.05, 4.69) is 22.9 Å². The fourth-order valence-electron chi connectivity index (χ4n) is 3.97. The van der Waals surface area contributed by atoms with Crippen molar-refractivity contribution in [2.75, 3.05) is 31.1 Å². The number of anilines is 1. The van der Waals surface area contributed by atoms with Crippen molar-refractivity contribution >= 4 is 11.7 Å². The third-order valence-corrected chi connectivity index (χ3v) is 5.92. The largest absolute Gasteiger partial charge is 0.493 e. The number of amides is 1. The van der Waals surface area contributed by atoms with Gasteiger partial charge in [-0.05, 0) is 42.7 Å². The number of piperazine rings is 1. The van der Waals surface area contributed by atoms with Gasteiger partial charge in [-0.1, -0.05) is 13.0 Å². The molecule has 1 aliphatic rings. The molecule has 3 heterocycles. The number of aromatic nitrogens is 3. The van der Waals surface area contributed by atoms with Crippen LogP contribution in [-0.2, 0) is 13.5 Å². The van der Waals surface area contributed by atoms with Gasteiger partial charge in [-0.3, -0.25) is 13.9 Å². The number of carbonyl (C=O) groups is 1. The van der Waals surface area contributed by atoms with Crippen LogP contribution in [0, 0.1) is 12.7 Å². The Morgan fingerprint density at radius 1 is 1.19 bits per heavy atom. The fraction of sp³-hybridized carbons (Fsp3) is 0.348. The average Bonchev–Trinajstić information content (AvgIpc) is 3.06. The summed E-state index contributed by atoms with van der Waals surface area (Å²) in [4.78, 5) is 33.4. The fourth-order valence-corrected chi connectivity index (χ4v) is 3.97. The summed E-state index contributed by atoms with van der Waals surface area (Å²) in [5.74, 6) is -0.412. The van der Waals surface area contributed by atoms with Crippen LogP contribution in [-0.4, -0.2) is 56.2 Å². The lowest BCUT2D eigenvalue weighted by Crippen LogP contribution is -2.49. The second-order valence-corrected chi connectivity index (χ2v) is 7.98. The van der Waals surface area contributed by atoms with Crippen LogP contribution in [0.4, 0.5) is 10.2 Å². The molecule has 1 aliphatic heterocycles. The van der Waals surface area contributed by atoms with Crippen molar-refractivity contribution in [1.82, 2.24) is 19.0 Å². The number of carbonyl (C=O) groups excluding carboxylic acids is 1. The van der Waals surface area contributed by atoms with Crippen LogP contribution in [0.2, 0.25) is 0 Å². The molecule has 32 heavy (non-hydrogen) atoms. The summed E-state index contributed by atoms with van der Waals surface area (Å²) in [6, 6.07) is 6.14. The SMILES string of the molecule is CCc1cnc(N2CCN(C(=O)c3ccc(-n4cc(O)n(C)c4=O)cc3F)CC2)c(C)c1. The van der Waals surface area contributed by atoms with Gasteiger partial charge in [0.1, 0.15) is 11.6 Å². The first-order chi connectivity index (χ1) is 15.3. The molecule has 0 unspecified atom stereocenters. The van der Waals surface area contributed by atoms with Crippen LogP contribution >= 0.6 is 0 Å². The molecule has 0 atom stereocenters. The molecule has 9 heteroatoms. The maximum Gasteiger partial charge on any atom is 0.335 e. The van der Waals surface area contributed by atoms with E-state index in [0.717, 1.165) is 33.0 Å². The molecule has 0 aliphatic carbocycles. The zero-order chi connectivity index (χ0) is 23.0. The Hall–Kier alpha value is -3.62. The van der Waals surface area contributed by atoms with E-state index in [0.29, 0.717) is 26.2 Å². The molecule has 0 radical (unpaired) electrons. The predicted octanol–water partition coefficient (Wildman–Crippen LogP) is 2.25. The van der Waals surface area contributed by atoms with Gasteiger partial charge < -0.3 is 14.9 Å². The summed E-state index contributed by atoms with van der Waals surface area (Å²) in [5.41, 5.74) is 1.98. The molecular formula is C23H26FN5O3. The molecular weight excluding hydrogens is 413 g/mol. The minimum Gasteiger partial charge on any atom is -0.493 e. The van der Waals surface area contributed by atoms with Gasteiger partial charge in [-0.2, -0.15) is 0 Å². The highest BCUT2D eigenvalue weighted by atomic mass is 19.1. The minimum atomic E-state index is -0.710. The smallest absolute Gasteiger partial charge is 0.335 e. The number of hydrogen-bond donors (Lipinski definition) is 1. The number of benzene rings is 1. The van der Waals surface area contributed by atoms with E-state index in [1.165, 1.54) is 30.9 Å². The summed E-state index contributed by atoms with van der Waals surface area (Å²) in [7, 11) is 1.41. The monoisotopic (exact) mass is 439 g/mol.